The van der Waals surface area contributed by atoms with Gasteiger partial charge in [0.15, 0.2) is 0 Å². The molecule has 5 heteroatoms. The molecule has 1 saturated heterocycles. The largest absolute Gasteiger partial charge is 0.341 e. The average molecular weight is 303 g/mol. The van der Waals surface area contributed by atoms with Gasteiger partial charge >= 0.3 is 0 Å². The normalized spacial score (nSPS) is 18.5. The summed E-state index contributed by atoms with van der Waals surface area (Å²) < 4.78 is 0. The predicted octanol–water partition coefficient (Wildman–Crippen LogP) is 1.40. The third-order valence-corrected chi connectivity index (χ3v) is 4.37. The van der Waals surface area contributed by atoms with Crippen LogP contribution in [0.5, 0.6) is 0 Å². The molecule has 2 rings (SSSR count). The Morgan fingerprint density at radius 2 is 1.64 bits per heavy atom. The second-order valence-electron chi connectivity index (χ2n) is 5.91. The Bertz CT molecular complexity index is 518. The Morgan fingerprint density at radius 1 is 1.05 bits per heavy atom. The molecule has 2 unspecified atom stereocenters. The van der Waals surface area contributed by atoms with E-state index in [9.17, 15) is 9.59 Å². The van der Waals surface area contributed by atoms with Crippen LogP contribution >= 0.6 is 0 Å². The number of amides is 2. The number of rotatable bonds is 3. The second-order valence-corrected chi connectivity index (χ2v) is 5.91. The van der Waals surface area contributed by atoms with Crippen LogP contribution in [-0.2, 0) is 9.59 Å². The highest BCUT2D eigenvalue weighted by atomic mass is 16.2. The van der Waals surface area contributed by atoms with Gasteiger partial charge in [0.1, 0.15) is 0 Å². The molecule has 1 aromatic rings. The molecule has 0 bridgehead atoms. The molecule has 1 aliphatic rings. The van der Waals surface area contributed by atoms with Crippen LogP contribution in [-0.4, -0.2) is 47.8 Å². The second kappa shape index (κ2) is 7.40. The molecule has 0 aliphatic carbocycles. The zero-order chi connectivity index (χ0) is 16.1. The van der Waals surface area contributed by atoms with Crippen molar-refractivity contribution in [3.63, 3.8) is 0 Å². The topological polar surface area (TPSA) is 66.6 Å². The lowest BCUT2D eigenvalue weighted by molar-refractivity contribution is -0.136. The number of carbonyl (C=O) groups is 2. The lowest BCUT2D eigenvalue weighted by Gasteiger charge is -2.27. The van der Waals surface area contributed by atoms with Gasteiger partial charge in [-0.15, -0.1) is 0 Å². The smallest absolute Gasteiger partial charge is 0.227 e. The third-order valence-electron chi connectivity index (χ3n) is 4.37. The maximum absolute atomic E-state index is 12.7. The summed E-state index contributed by atoms with van der Waals surface area (Å²) in [4.78, 5) is 27.8. The molecule has 0 aromatic heterocycles. The standard InChI is InChI=1S/C17H25N3O2/c1-13(16(18)15-7-4-3-5-8-15)17(22)20-10-6-9-19(11-12-20)14(2)21/h3-5,7-8,13,16H,6,9-12,18H2,1-2H3. The highest BCUT2D eigenvalue weighted by Gasteiger charge is 2.28. The molecular weight excluding hydrogens is 278 g/mol. The first-order valence-electron chi connectivity index (χ1n) is 7.85. The van der Waals surface area contributed by atoms with Crippen LogP contribution in [0, 0.1) is 5.92 Å². The molecule has 2 N–H and O–H groups in total. The van der Waals surface area contributed by atoms with Crippen LogP contribution in [0.2, 0.25) is 0 Å². The van der Waals surface area contributed by atoms with Crippen molar-refractivity contribution in [2.45, 2.75) is 26.3 Å². The van der Waals surface area contributed by atoms with Crippen molar-refractivity contribution in [2.24, 2.45) is 11.7 Å². The summed E-state index contributed by atoms with van der Waals surface area (Å²) in [6.45, 7) is 6.06. The lowest BCUT2D eigenvalue weighted by atomic mass is 9.94. The fourth-order valence-electron chi connectivity index (χ4n) is 2.86. The van der Waals surface area contributed by atoms with E-state index in [0.29, 0.717) is 19.6 Å². The van der Waals surface area contributed by atoms with Gasteiger partial charge in [0, 0.05) is 39.1 Å². The molecular formula is C17H25N3O2. The van der Waals surface area contributed by atoms with Gasteiger partial charge in [-0.05, 0) is 12.0 Å². The molecule has 0 spiro atoms. The van der Waals surface area contributed by atoms with Crippen LogP contribution in [0.25, 0.3) is 0 Å². The quantitative estimate of drug-likeness (QED) is 0.918. The van der Waals surface area contributed by atoms with Crippen molar-refractivity contribution < 1.29 is 9.59 Å². The molecule has 1 fully saturated rings. The van der Waals surface area contributed by atoms with Crippen molar-refractivity contribution >= 4 is 11.8 Å². The third kappa shape index (κ3) is 3.85. The van der Waals surface area contributed by atoms with Gasteiger partial charge in [-0.2, -0.15) is 0 Å². The number of benzene rings is 1. The van der Waals surface area contributed by atoms with E-state index in [-0.39, 0.29) is 23.8 Å². The van der Waals surface area contributed by atoms with Crippen LogP contribution < -0.4 is 5.73 Å². The highest BCUT2D eigenvalue weighted by molar-refractivity contribution is 5.79. The number of carbonyl (C=O) groups excluding carboxylic acids is 2. The van der Waals surface area contributed by atoms with Crippen LogP contribution in [0.3, 0.4) is 0 Å². The van der Waals surface area contributed by atoms with Gasteiger partial charge in [0.2, 0.25) is 11.8 Å². The molecule has 120 valence electrons. The molecule has 5 nitrogen and oxygen atoms in total. The highest BCUT2D eigenvalue weighted by Crippen LogP contribution is 2.21. The van der Waals surface area contributed by atoms with E-state index in [1.165, 1.54) is 0 Å². The van der Waals surface area contributed by atoms with Gasteiger partial charge in [-0.1, -0.05) is 37.3 Å². The summed E-state index contributed by atoms with van der Waals surface area (Å²) in [6.07, 6.45) is 0.818. The maximum Gasteiger partial charge on any atom is 0.227 e. The summed E-state index contributed by atoms with van der Waals surface area (Å²) in [6, 6.07) is 9.41. The van der Waals surface area contributed by atoms with Crippen molar-refractivity contribution in [1.82, 2.24) is 9.80 Å². The van der Waals surface area contributed by atoms with Gasteiger partial charge < -0.3 is 15.5 Å². The van der Waals surface area contributed by atoms with E-state index in [1.807, 2.05) is 42.2 Å². The first-order valence-corrected chi connectivity index (χ1v) is 7.85. The number of nitrogens with two attached hydrogens (primary N) is 1. The molecule has 0 saturated carbocycles. The summed E-state index contributed by atoms with van der Waals surface area (Å²) in [5.41, 5.74) is 7.22. The van der Waals surface area contributed by atoms with Gasteiger partial charge in [0.05, 0.1) is 5.92 Å². The Labute approximate surface area is 132 Å². The number of hydrogen-bond donors (Lipinski definition) is 1. The zero-order valence-electron chi connectivity index (χ0n) is 13.4. The summed E-state index contributed by atoms with van der Waals surface area (Å²) >= 11 is 0. The summed E-state index contributed by atoms with van der Waals surface area (Å²) in [5, 5.41) is 0. The van der Waals surface area contributed by atoms with Crippen molar-refractivity contribution in [1.29, 1.82) is 0 Å². The van der Waals surface area contributed by atoms with E-state index in [2.05, 4.69) is 0 Å². The van der Waals surface area contributed by atoms with E-state index >= 15 is 0 Å². The van der Waals surface area contributed by atoms with Crippen molar-refractivity contribution in [3.8, 4) is 0 Å². The first-order chi connectivity index (χ1) is 10.5. The molecule has 1 heterocycles. The van der Waals surface area contributed by atoms with Crippen molar-refractivity contribution in [2.75, 3.05) is 26.2 Å². The Kier molecular flexibility index (Phi) is 5.55. The minimum Gasteiger partial charge on any atom is -0.341 e. The van der Waals surface area contributed by atoms with Gasteiger partial charge in [-0.3, -0.25) is 9.59 Å². The van der Waals surface area contributed by atoms with E-state index in [4.69, 9.17) is 5.73 Å². The molecule has 2 amide bonds. The van der Waals surface area contributed by atoms with Crippen LogP contribution in [0.15, 0.2) is 30.3 Å². The molecule has 22 heavy (non-hydrogen) atoms. The molecule has 1 aliphatic heterocycles. The minimum absolute atomic E-state index is 0.0711. The monoisotopic (exact) mass is 303 g/mol. The van der Waals surface area contributed by atoms with Gasteiger partial charge in [0.25, 0.3) is 0 Å². The number of hydrogen-bond acceptors (Lipinski definition) is 3. The number of nitrogens with zero attached hydrogens (tertiary/aromatic N) is 2. The molecule has 2 atom stereocenters. The summed E-state index contributed by atoms with van der Waals surface area (Å²) in [7, 11) is 0. The van der Waals surface area contributed by atoms with E-state index in [0.717, 1.165) is 18.5 Å². The van der Waals surface area contributed by atoms with Gasteiger partial charge in [-0.25, -0.2) is 0 Å². The Hall–Kier alpha value is -1.88. The van der Waals surface area contributed by atoms with E-state index < -0.39 is 0 Å². The fourth-order valence-corrected chi connectivity index (χ4v) is 2.86. The van der Waals surface area contributed by atoms with E-state index in [1.54, 1.807) is 11.8 Å². The fraction of sp³-hybridized carbons (Fsp3) is 0.529. The lowest BCUT2D eigenvalue weighted by Crippen LogP contribution is -2.41. The van der Waals surface area contributed by atoms with Crippen LogP contribution in [0.4, 0.5) is 0 Å². The molecule has 1 aromatic carbocycles. The minimum atomic E-state index is -0.305. The summed E-state index contributed by atoms with van der Waals surface area (Å²) in [5.74, 6) is -0.128. The predicted molar refractivity (Wildman–Crippen MR) is 86.0 cm³/mol. The zero-order valence-corrected chi connectivity index (χ0v) is 13.4. The average Bonchev–Trinajstić information content (AvgIpc) is 2.79. The first kappa shape index (κ1) is 16.5. The molecule has 0 radical (unpaired) electrons. The van der Waals surface area contributed by atoms with Crippen molar-refractivity contribution in [3.05, 3.63) is 35.9 Å². The van der Waals surface area contributed by atoms with Crippen LogP contribution in [0.1, 0.15) is 31.9 Å². The SMILES string of the molecule is CC(=O)N1CCCN(C(=O)C(C)C(N)c2ccccc2)CC1. The Morgan fingerprint density at radius 3 is 2.27 bits per heavy atom. The Balaban J connectivity index is 2.00. The maximum atomic E-state index is 12.7.